The van der Waals surface area contributed by atoms with Gasteiger partial charge in [-0.1, -0.05) is 47.8 Å². The van der Waals surface area contributed by atoms with Crippen LogP contribution in [-0.4, -0.2) is 89.9 Å². The number of hydrogen-bond donors (Lipinski definition) is 3. The number of aromatic nitrogens is 6. The van der Waals surface area contributed by atoms with Gasteiger partial charge in [0, 0.05) is 88.9 Å². The molecule has 0 atom stereocenters. The highest BCUT2D eigenvalue weighted by atomic mass is 79.9. The summed E-state index contributed by atoms with van der Waals surface area (Å²) in [4.78, 5) is 30.9. The van der Waals surface area contributed by atoms with Crippen LogP contribution in [0, 0.1) is 60.9 Å². The zero-order valence-corrected chi connectivity index (χ0v) is 63.3. The van der Waals surface area contributed by atoms with Crippen LogP contribution < -0.4 is 46.3 Å². The molecule has 0 amide bonds. The zero-order chi connectivity index (χ0) is 74.4. The molecule has 9 aromatic rings. The Bertz CT molecular complexity index is 4060. The Labute approximate surface area is 608 Å². The molecule has 0 radical (unpaired) electrons. The number of nitrogens with zero attached hydrogens (tertiary/aromatic N) is 8. The molecule has 0 saturated carbocycles. The van der Waals surface area contributed by atoms with Crippen molar-refractivity contribution in [3.8, 4) is 51.5 Å². The number of halogens is 12. The Balaban J connectivity index is 0.000000249. The van der Waals surface area contributed by atoms with Crippen LogP contribution in [0.5, 0.6) is 28.7 Å². The largest absolute Gasteiger partial charge is 0.495 e. The Hall–Kier alpha value is -7.96. The van der Waals surface area contributed by atoms with Crippen molar-refractivity contribution in [2.45, 2.75) is 73.5 Å². The number of nitro groups is 2. The van der Waals surface area contributed by atoms with Gasteiger partial charge in [0.15, 0.2) is 16.4 Å². The van der Waals surface area contributed by atoms with Gasteiger partial charge in [-0.25, -0.2) is 32.5 Å². The van der Waals surface area contributed by atoms with Crippen LogP contribution in [0.3, 0.4) is 0 Å². The Morgan fingerprint density at radius 2 is 0.788 bits per heavy atom. The number of ether oxygens (including phenoxy) is 5. The molecule has 534 valence electrons. The SMILES string of the molecule is CCOc1cc(-c2nccn2C)cc(F)c1Br.CCOc1cc(-c2nccn2C)cc(F)c1N.CCOc1cc(B2OC(C)(C)C(C)(C)O2)cc(F)c1N.CCOc1cc(Br)cc(F)c1N.CCOc1cc(Br)cc(F)c1[N+](=O)[O-].Cn1ccnc1Br.O=[N+]([O-])c1c(F)cc(Br)cc1F. The number of benzene rings is 6. The van der Waals surface area contributed by atoms with E-state index in [-0.39, 0.29) is 39.7 Å². The molecule has 0 bridgehead atoms. The number of hydrogen-bond acceptors (Lipinski definition) is 17. The first kappa shape index (κ1) is 83.5. The molecule has 35 heteroatoms. The van der Waals surface area contributed by atoms with E-state index in [2.05, 4.69) is 94.6 Å². The predicted octanol–water partition coefficient (Wildman–Crippen LogP) is 17.0. The Kier molecular flexibility index (Phi) is 32.5. The van der Waals surface area contributed by atoms with E-state index in [1.54, 1.807) is 60.5 Å². The number of rotatable bonds is 15. The lowest BCUT2D eigenvalue weighted by Gasteiger charge is -2.32. The van der Waals surface area contributed by atoms with E-state index in [1.165, 1.54) is 30.3 Å². The maximum atomic E-state index is 13.9. The molecule has 4 heterocycles. The van der Waals surface area contributed by atoms with Gasteiger partial charge in [-0.15, -0.1) is 0 Å². The molecule has 6 aromatic carbocycles. The van der Waals surface area contributed by atoms with Gasteiger partial charge in [-0.05, 0) is 166 Å². The van der Waals surface area contributed by atoms with Crippen LogP contribution in [0.2, 0.25) is 0 Å². The van der Waals surface area contributed by atoms with E-state index < -0.39 is 74.4 Å². The third-order valence-electron chi connectivity index (χ3n) is 13.5. The highest BCUT2D eigenvalue weighted by Gasteiger charge is 2.52. The van der Waals surface area contributed by atoms with Crippen molar-refractivity contribution in [3.63, 3.8) is 0 Å². The summed E-state index contributed by atoms with van der Waals surface area (Å²) in [6.45, 7) is 18.8. The second kappa shape index (κ2) is 38.6. The topological polar surface area (TPSA) is 282 Å². The van der Waals surface area contributed by atoms with Crippen molar-refractivity contribution < 1.29 is 73.6 Å². The standard InChI is InChI=1S/C14H21BFNO3.C12H12BrFN2O.C12H14FN3O.C8H7BrFNO3.C8H9BrFNO.C6H2BrF2NO2.C4H5BrN2/c1-6-18-11-8-9(7-10(16)12(11)17)15-19-13(2,3)14(4,5)20-15;1-3-17-10-7-8(6-9(14)11(10)13)12-15-4-5-16(12)2;1-3-17-10-7-8(6-9(13)11(10)14)12-15-4-5-16(12)2;1-2-14-7-4-5(9)3-6(10)8(7)11(12)13;1-2-12-7-4-5(9)3-6(10)8(7)11;7-3-1-4(8)6(10(11)12)5(9)2-3;1-7-3-2-6-4(7)5/h7-8H,6,17H2,1-5H3;4-7H,3H2,1-2H3;4-7H,3,14H2,1-2H3;3-4H,2H2,1H3;3-4H,2,11H2,1H3;1-2H;2-3H,1H3. The van der Waals surface area contributed by atoms with Crippen molar-refractivity contribution in [2.24, 2.45) is 21.1 Å². The monoisotopic (exact) mass is 1710 g/mol. The first-order valence-corrected chi connectivity index (χ1v) is 33.4. The molecule has 3 aromatic heterocycles. The summed E-state index contributed by atoms with van der Waals surface area (Å²) in [5, 5.41) is 20.6. The first-order valence-electron chi connectivity index (χ1n) is 29.4. The van der Waals surface area contributed by atoms with Crippen LogP contribution in [0.15, 0.2) is 133 Å². The summed E-state index contributed by atoms with van der Waals surface area (Å²) in [6.07, 6.45) is 10.6. The van der Waals surface area contributed by atoms with Gasteiger partial charge >= 0.3 is 18.5 Å². The highest BCUT2D eigenvalue weighted by molar-refractivity contribution is 9.11. The number of anilines is 3. The zero-order valence-electron chi connectivity index (χ0n) is 55.3. The van der Waals surface area contributed by atoms with Gasteiger partial charge < -0.3 is 63.9 Å². The molecule has 0 aliphatic carbocycles. The lowest BCUT2D eigenvalue weighted by atomic mass is 9.79. The van der Waals surface area contributed by atoms with Crippen molar-refractivity contribution >= 4 is 121 Å². The molecule has 22 nitrogen and oxygen atoms in total. The van der Waals surface area contributed by atoms with Gasteiger partial charge in [-0.2, -0.15) is 13.2 Å². The fraction of sp³-hybridized carbons (Fsp3) is 0.297. The second-order valence-electron chi connectivity index (χ2n) is 21.1. The van der Waals surface area contributed by atoms with Gasteiger partial charge in [0.25, 0.3) is 0 Å². The number of nitro benzene ring substituents is 2. The molecule has 10 rings (SSSR count). The first-order chi connectivity index (χ1) is 46.5. The van der Waals surface area contributed by atoms with Gasteiger partial charge in [0.1, 0.15) is 63.3 Å². The predicted molar refractivity (Wildman–Crippen MR) is 383 cm³/mol. The fourth-order valence-corrected chi connectivity index (χ4v) is 9.92. The number of aryl methyl sites for hydroxylation is 3. The average molecular weight is 1710 g/mol. The van der Waals surface area contributed by atoms with E-state index in [0.717, 1.165) is 22.9 Å². The van der Waals surface area contributed by atoms with E-state index in [9.17, 15) is 51.0 Å². The van der Waals surface area contributed by atoms with Gasteiger partial charge in [0.05, 0.1) is 58.6 Å². The number of nitrogen functional groups attached to an aromatic ring is 3. The van der Waals surface area contributed by atoms with Crippen LogP contribution in [0.4, 0.5) is 59.2 Å². The van der Waals surface area contributed by atoms with E-state index in [0.29, 0.717) is 91.1 Å². The smallest absolute Gasteiger partial charge is 0.493 e. The summed E-state index contributed by atoms with van der Waals surface area (Å²) in [5.74, 6) is -2.27. The lowest BCUT2D eigenvalue weighted by Crippen LogP contribution is -2.41. The minimum absolute atomic E-state index is 0.00659. The van der Waals surface area contributed by atoms with E-state index >= 15 is 0 Å². The number of nitrogens with two attached hydrogens (primary N) is 3. The highest BCUT2D eigenvalue weighted by Crippen LogP contribution is 2.39. The third kappa shape index (κ3) is 23.6. The Morgan fingerprint density at radius 3 is 1.18 bits per heavy atom. The van der Waals surface area contributed by atoms with Gasteiger partial charge in [-0.3, -0.25) is 20.2 Å². The van der Waals surface area contributed by atoms with E-state index in [4.69, 9.17) is 50.2 Å². The average Bonchev–Trinajstić information content (AvgIpc) is 1.63. The van der Waals surface area contributed by atoms with Crippen molar-refractivity contribution in [3.05, 3.63) is 194 Å². The van der Waals surface area contributed by atoms with E-state index in [1.807, 2.05) is 98.1 Å². The molecular formula is C64H70BBr5F7N11O11. The summed E-state index contributed by atoms with van der Waals surface area (Å²) < 4.78 is 138. The summed E-state index contributed by atoms with van der Waals surface area (Å²) in [7, 11) is 5.01. The van der Waals surface area contributed by atoms with Crippen LogP contribution in [-0.2, 0) is 30.5 Å². The fourth-order valence-electron chi connectivity index (χ4n) is 8.12. The van der Waals surface area contributed by atoms with Crippen molar-refractivity contribution in [1.29, 1.82) is 0 Å². The summed E-state index contributed by atoms with van der Waals surface area (Å²) in [5.41, 5.74) is 16.0. The lowest BCUT2D eigenvalue weighted by molar-refractivity contribution is -0.390. The van der Waals surface area contributed by atoms with Crippen LogP contribution in [0.1, 0.15) is 62.3 Å². The minimum Gasteiger partial charge on any atom is -0.493 e. The van der Waals surface area contributed by atoms with Crippen LogP contribution in [0.25, 0.3) is 22.8 Å². The molecule has 1 fully saturated rings. The quantitative estimate of drug-likeness (QED) is 0.0283. The third-order valence-corrected chi connectivity index (χ3v) is 16.4. The molecule has 0 unspecified atom stereocenters. The number of imidazole rings is 3. The second-order valence-corrected chi connectivity index (χ2v) is 25.4. The molecule has 6 N–H and O–H groups in total. The molecular weight excluding hydrogens is 1640 g/mol. The van der Waals surface area contributed by atoms with Crippen molar-refractivity contribution in [1.82, 2.24) is 28.7 Å². The maximum absolute atomic E-state index is 13.9. The Morgan fingerprint density at radius 1 is 0.455 bits per heavy atom. The molecule has 0 spiro atoms. The van der Waals surface area contributed by atoms with Gasteiger partial charge in [0.2, 0.25) is 23.2 Å². The van der Waals surface area contributed by atoms with Crippen molar-refractivity contribution in [2.75, 3.05) is 50.2 Å². The normalized spacial score (nSPS) is 12.2. The molecule has 1 saturated heterocycles. The maximum Gasteiger partial charge on any atom is 0.495 e. The summed E-state index contributed by atoms with van der Waals surface area (Å²) >= 11 is 15.3. The van der Waals surface area contributed by atoms with Crippen LogP contribution >= 0.6 is 79.6 Å². The molecule has 1 aliphatic rings. The minimum atomic E-state index is -1.19. The summed E-state index contributed by atoms with van der Waals surface area (Å²) in [6, 6.07) is 16.3. The molecule has 99 heavy (non-hydrogen) atoms. The molecule has 1 aliphatic heterocycles.